The molecule has 0 unspecified atom stereocenters. The number of Topliss-reactive ketones (excluding diaryl/α,β-unsaturated/α-hetero) is 1. The number of pyridine rings is 2. The third-order valence-electron chi connectivity index (χ3n) is 4.84. The smallest absolute Gasteiger partial charge is 0.384 e. The number of ketones is 1. The van der Waals surface area contributed by atoms with E-state index in [1.165, 1.54) is 6.42 Å². The normalized spacial score (nSPS) is 15.8. The van der Waals surface area contributed by atoms with Crippen LogP contribution in [0.3, 0.4) is 0 Å². The number of aromatic nitrogens is 2. The van der Waals surface area contributed by atoms with E-state index in [1.807, 2.05) is 24.3 Å². The first kappa shape index (κ1) is 32.0. The fraction of sp³-hybridized carbons (Fsp3) is 0.500. The van der Waals surface area contributed by atoms with Crippen LogP contribution in [0.2, 0.25) is 0 Å². The largest absolute Gasteiger partial charge is 1.00 e. The molecule has 2 aliphatic carbocycles. The topological polar surface area (TPSA) is 63.1 Å². The minimum absolute atomic E-state index is 0. The summed E-state index contributed by atoms with van der Waals surface area (Å²) in [5.74, 6) is 0.454. The van der Waals surface area contributed by atoms with E-state index in [0.717, 1.165) is 77.0 Å². The van der Waals surface area contributed by atoms with Crippen molar-refractivity contribution < 1.29 is 28.8 Å². The number of carbonyl (C=O) groups excluding carboxylic acids is 1. The molecule has 0 saturated heterocycles. The van der Waals surface area contributed by atoms with Crippen molar-refractivity contribution in [2.24, 2.45) is 0 Å². The second kappa shape index (κ2) is 18.3. The van der Waals surface area contributed by atoms with Crippen molar-refractivity contribution in [3.05, 3.63) is 62.8 Å². The average molecular weight is 627 g/mol. The molecule has 0 bridgehead atoms. The van der Waals surface area contributed by atoms with Crippen molar-refractivity contribution in [1.29, 1.82) is 0 Å². The van der Waals surface area contributed by atoms with Crippen LogP contribution in [0.5, 0.6) is 0 Å². The number of unbranched alkanes of at least 4 members (excludes halogenated alkanes) is 1. The molecule has 2 fully saturated rings. The number of hydrogen-bond donors (Lipinski definition) is 1. The SMILES string of the molecule is Brc1ccc(Br)nc1.O=C1CCCC1.OC1(c2ccc(Br)cn2)CCCC1.[CH2-]CCC.[Li+]. The van der Waals surface area contributed by atoms with Crippen molar-refractivity contribution in [1.82, 2.24) is 9.97 Å². The summed E-state index contributed by atoms with van der Waals surface area (Å²) >= 11 is 9.80. The van der Waals surface area contributed by atoms with Crippen LogP contribution < -0.4 is 18.9 Å². The van der Waals surface area contributed by atoms with Gasteiger partial charge in [-0.25, -0.2) is 4.98 Å². The number of nitrogens with zero attached hydrogens (tertiary/aromatic N) is 2. The molecule has 0 amide bonds. The van der Waals surface area contributed by atoms with Gasteiger partial charge in [0.2, 0.25) is 0 Å². The van der Waals surface area contributed by atoms with Gasteiger partial charge < -0.3 is 12.0 Å². The van der Waals surface area contributed by atoms with Crippen LogP contribution in [-0.4, -0.2) is 20.9 Å². The Labute approximate surface area is 230 Å². The predicted octanol–water partition coefficient (Wildman–Crippen LogP) is 4.97. The molecule has 32 heavy (non-hydrogen) atoms. The third kappa shape index (κ3) is 13.6. The minimum atomic E-state index is -0.652. The van der Waals surface area contributed by atoms with E-state index in [1.54, 1.807) is 12.4 Å². The zero-order valence-corrected chi connectivity index (χ0v) is 23.9. The summed E-state index contributed by atoms with van der Waals surface area (Å²) < 4.78 is 2.82. The van der Waals surface area contributed by atoms with E-state index >= 15 is 0 Å². The standard InChI is InChI=1S/C10H12BrNO.C5H3Br2N.C5H8O.C4H9.Li/c11-8-3-4-9(12-7-8)10(13)5-1-2-6-10;6-4-1-2-5(7)8-3-4;6-5-3-1-2-4-5;1-3-4-2;/h3-4,7,13H,1-2,5-6H2;1-3H;1-4H2;1,3-4H2,2H3;/q;;;-1;+1. The average Bonchev–Trinajstić information content (AvgIpc) is 3.43. The Kier molecular flexibility index (Phi) is 18.3. The van der Waals surface area contributed by atoms with E-state index in [9.17, 15) is 9.90 Å². The van der Waals surface area contributed by atoms with Gasteiger partial charge >= 0.3 is 18.9 Å². The Morgan fingerprint density at radius 1 is 0.938 bits per heavy atom. The molecule has 2 aromatic heterocycles. The van der Waals surface area contributed by atoms with Gasteiger partial charge in [0.1, 0.15) is 16.0 Å². The molecular formula is C24H32Br3LiN2O2. The van der Waals surface area contributed by atoms with E-state index in [4.69, 9.17) is 0 Å². The summed E-state index contributed by atoms with van der Waals surface area (Å²) in [4.78, 5) is 18.4. The molecule has 2 saturated carbocycles. The molecule has 0 aliphatic heterocycles. The minimum Gasteiger partial charge on any atom is -0.384 e. The number of carbonyl (C=O) groups is 1. The van der Waals surface area contributed by atoms with Gasteiger partial charge in [0.15, 0.2) is 0 Å². The van der Waals surface area contributed by atoms with Gasteiger partial charge in [-0.05, 0) is 97.7 Å². The quantitative estimate of drug-likeness (QED) is 0.291. The molecule has 4 nitrogen and oxygen atoms in total. The predicted molar refractivity (Wildman–Crippen MR) is 138 cm³/mol. The number of rotatable bonds is 2. The van der Waals surface area contributed by atoms with E-state index in [0.29, 0.717) is 5.78 Å². The van der Waals surface area contributed by atoms with Crippen LogP contribution in [-0.2, 0) is 10.4 Å². The molecule has 4 rings (SSSR count). The first-order valence-corrected chi connectivity index (χ1v) is 13.1. The summed E-state index contributed by atoms with van der Waals surface area (Å²) in [6.07, 6.45) is 13.6. The Bertz CT molecular complexity index is 722. The van der Waals surface area contributed by atoms with E-state index in [2.05, 4.69) is 71.6 Å². The number of hydrogen-bond acceptors (Lipinski definition) is 4. The molecule has 1 N–H and O–H groups in total. The molecule has 0 atom stereocenters. The van der Waals surface area contributed by atoms with Crippen molar-refractivity contribution >= 4 is 53.6 Å². The van der Waals surface area contributed by atoms with Crippen molar-refractivity contribution in [2.75, 3.05) is 0 Å². The molecule has 0 spiro atoms. The monoisotopic (exact) mass is 624 g/mol. The molecule has 2 aliphatic rings. The number of halogens is 3. The summed E-state index contributed by atoms with van der Waals surface area (Å²) in [6.45, 7) is 5.72. The van der Waals surface area contributed by atoms with Crippen LogP contribution in [0.15, 0.2) is 50.2 Å². The van der Waals surface area contributed by atoms with E-state index in [-0.39, 0.29) is 18.9 Å². The van der Waals surface area contributed by atoms with Crippen LogP contribution in [0, 0.1) is 6.92 Å². The van der Waals surface area contributed by atoms with Gasteiger partial charge in [-0.2, -0.15) is 6.42 Å². The zero-order chi connectivity index (χ0) is 23.1. The molecule has 8 heteroatoms. The maximum absolute atomic E-state index is 10.2. The second-order valence-electron chi connectivity index (χ2n) is 7.50. The van der Waals surface area contributed by atoms with Crippen LogP contribution in [0.1, 0.15) is 76.8 Å². The van der Waals surface area contributed by atoms with Gasteiger partial charge in [-0.3, -0.25) is 9.78 Å². The Balaban J connectivity index is 0.000000437. The molecule has 0 radical (unpaired) electrons. The summed E-state index contributed by atoms with van der Waals surface area (Å²) in [6, 6.07) is 7.63. The van der Waals surface area contributed by atoms with Gasteiger partial charge in [0.05, 0.1) is 5.69 Å². The molecular weight excluding hydrogens is 595 g/mol. The first-order valence-electron chi connectivity index (χ1n) is 10.7. The molecule has 0 aromatic carbocycles. The van der Waals surface area contributed by atoms with Crippen molar-refractivity contribution in [3.8, 4) is 0 Å². The van der Waals surface area contributed by atoms with Crippen molar-refractivity contribution in [3.63, 3.8) is 0 Å². The van der Waals surface area contributed by atoms with Gasteiger partial charge in [-0.15, -0.1) is 0 Å². The Morgan fingerprint density at radius 2 is 1.44 bits per heavy atom. The maximum atomic E-state index is 10.2. The van der Waals surface area contributed by atoms with Gasteiger partial charge in [0.25, 0.3) is 0 Å². The number of aliphatic hydroxyl groups is 1. The third-order valence-corrected chi connectivity index (χ3v) is 6.25. The van der Waals surface area contributed by atoms with Crippen LogP contribution in [0.25, 0.3) is 0 Å². The van der Waals surface area contributed by atoms with Gasteiger partial charge in [-0.1, -0.05) is 26.2 Å². The molecule has 172 valence electrons. The fourth-order valence-corrected chi connectivity index (χ4v) is 3.70. The maximum Gasteiger partial charge on any atom is 1.00 e. The van der Waals surface area contributed by atoms with Crippen LogP contribution >= 0.6 is 47.8 Å². The van der Waals surface area contributed by atoms with Gasteiger partial charge in [0, 0.05) is 34.2 Å². The van der Waals surface area contributed by atoms with Crippen LogP contribution in [0.4, 0.5) is 0 Å². The summed E-state index contributed by atoms with van der Waals surface area (Å²) in [5.41, 5.74) is 0.161. The zero-order valence-electron chi connectivity index (χ0n) is 19.1. The van der Waals surface area contributed by atoms with E-state index < -0.39 is 5.60 Å². The Hall–Kier alpha value is -0.0326. The van der Waals surface area contributed by atoms with Crippen molar-refractivity contribution in [2.45, 2.75) is 76.7 Å². The summed E-state index contributed by atoms with van der Waals surface area (Å²) in [5, 5.41) is 10.2. The second-order valence-corrected chi connectivity index (χ2v) is 10.1. The Morgan fingerprint density at radius 3 is 1.75 bits per heavy atom. The molecule has 2 heterocycles. The summed E-state index contributed by atoms with van der Waals surface area (Å²) in [7, 11) is 0. The fourth-order valence-electron chi connectivity index (χ4n) is 2.99. The molecule has 2 aromatic rings. The first-order chi connectivity index (χ1) is 14.8.